The van der Waals surface area contributed by atoms with Gasteiger partial charge in [-0.05, 0) is 61.5 Å². The average Bonchev–Trinajstić information content (AvgIpc) is 3.03. The number of nitrogens with one attached hydrogen (secondary N) is 3. The Labute approximate surface area is 258 Å². The van der Waals surface area contributed by atoms with Crippen molar-refractivity contribution in [3.63, 3.8) is 0 Å². The van der Waals surface area contributed by atoms with Gasteiger partial charge in [0.1, 0.15) is 11.6 Å². The Balaban J connectivity index is 1.39. The van der Waals surface area contributed by atoms with Gasteiger partial charge in [0.05, 0.1) is 11.1 Å². The number of alkyl halides is 3. The van der Waals surface area contributed by atoms with Crippen molar-refractivity contribution in [2.75, 3.05) is 50.9 Å². The van der Waals surface area contributed by atoms with E-state index in [2.05, 4.69) is 30.5 Å². The zero-order valence-electron chi connectivity index (χ0n) is 25.1. The summed E-state index contributed by atoms with van der Waals surface area (Å²) in [6, 6.07) is 12.2. The van der Waals surface area contributed by atoms with Gasteiger partial charge in [0, 0.05) is 75.2 Å². The Morgan fingerprint density at radius 3 is 2.53 bits per heavy atom. The number of nitrogens with zero attached hydrogens (tertiary/aromatic N) is 5. The Kier molecular flexibility index (Phi) is 9.40. The SMILES string of the molecule is CNc1nc(-c2cccnc2)nc(Oc2ccc(C)c(C(=O)Nc3ccc(CN4CCN(C)CC4)c(C(F)(F)F)c3)c2)c1C=N. The Bertz CT molecular complexity index is 1690. The molecule has 0 radical (unpaired) electrons. The van der Waals surface area contributed by atoms with Crippen molar-refractivity contribution >= 4 is 23.6 Å². The monoisotopic (exact) mass is 618 g/mol. The number of benzene rings is 2. The molecule has 0 spiro atoms. The van der Waals surface area contributed by atoms with Crippen LogP contribution >= 0.6 is 0 Å². The van der Waals surface area contributed by atoms with Crippen molar-refractivity contribution in [3.8, 4) is 23.0 Å². The maximum Gasteiger partial charge on any atom is 0.416 e. The first-order valence-corrected chi connectivity index (χ1v) is 14.3. The number of hydrogen-bond donors (Lipinski definition) is 3. The summed E-state index contributed by atoms with van der Waals surface area (Å²) in [4.78, 5) is 30.6. The molecule has 1 aliphatic heterocycles. The van der Waals surface area contributed by atoms with Crippen LogP contribution in [0.4, 0.5) is 24.7 Å². The van der Waals surface area contributed by atoms with Crippen LogP contribution in [0, 0.1) is 12.3 Å². The Hall–Kier alpha value is -4.88. The fourth-order valence-corrected chi connectivity index (χ4v) is 4.99. The highest BCUT2D eigenvalue weighted by Crippen LogP contribution is 2.35. The molecule has 0 bridgehead atoms. The number of aromatic nitrogens is 3. The van der Waals surface area contributed by atoms with E-state index in [-0.39, 0.29) is 40.6 Å². The van der Waals surface area contributed by atoms with Gasteiger partial charge in [0.25, 0.3) is 5.91 Å². The minimum absolute atomic E-state index is 0.0295. The van der Waals surface area contributed by atoms with Crippen LogP contribution in [-0.4, -0.2) is 77.1 Å². The Morgan fingerprint density at radius 1 is 1.09 bits per heavy atom. The molecule has 1 amide bonds. The highest BCUT2D eigenvalue weighted by atomic mass is 19.4. The maximum atomic E-state index is 14.1. The number of ether oxygens (including phenoxy) is 1. The first-order chi connectivity index (χ1) is 21.5. The number of carbonyl (C=O) groups excluding carboxylic acids is 1. The third-order valence-electron chi connectivity index (χ3n) is 7.54. The zero-order chi connectivity index (χ0) is 32.1. The molecule has 1 fully saturated rings. The van der Waals surface area contributed by atoms with Gasteiger partial charge in [-0.15, -0.1) is 0 Å². The van der Waals surface area contributed by atoms with Crippen molar-refractivity contribution in [2.45, 2.75) is 19.6 Å². The van der Waals surface area contributed by atoms with E-state index in [0.29, 0.717) is 35.9 Å². The molecule has 234 valence electrons. The highest BCUT2D eigenvalue weighted by molar-refractivity contribution is 6.05. The molecule has 0 aliphatic carbocycles. The summed E-state index contributed by atoms with van der Waals surface area (Å²) in [5.74, 6) is 0.388. The molecule has 0 saturated carbocycles. The topological polar surface area (TPSA) is 119 Å². The molecule has 0 unspecified atom stereocenters. The molecule has 13 heteroatoms. The molecule has 4 aromatic rings. The number of aryl methyl sites for hydroxylation is 1. The van der Waals surface area contributed by atoms with E-state index in [1.165, 1.54) is 18.2 Å². The molecule has 1 saturated heterocycles. The van der Waals surface area contributed by atoms with Crippen molar-refractivity contribution in [1.29, 1.82) is 5.41 Å². The lowest BCUT2D eigenvalue weighted by Crippen LogP contribution is -2.44. The zero-order valence-corrected chi connectivity index (χ0v) is 25.1. The molecule has 3 N–H and O–H groups in total. The number of carbonyl (C=O) groups is 1. The highest BCUT2D eigenvalue weighted by Gasteiger charge is 2.34. The van der Waals surface area contributed by atoms with Gasteiger partial charge in [0.2, 0.25) is 5.88 Å². The van der Waals surface area contributed by atoms with Crippen LogP contribution in [0.3, 0.4) is 0 Å². The second-order valence-electron chi connectivity index (χ2n) is 10.7. The summed E-state index contributed by atoms with van der Waals surface area (Å²) in [6.45, 7) is 4.84. The summed E-state index contributed by atoms with van der Waals surface area (Å²) in [5, 5.41) is 13.5. The maximum absolute atomic E-state index is 14.1. The predicted molar refractivity (Wildman–Crippen MR) is 166 cm³/mol. The summed E-state index contributed by atoms with van der Waals surface area (Å²) in [5.41, 5.74) is 1.12. The van der Waals surface area contributed by atoms with E-state index >= 15 is 0 Å². The first-order valence-electron chi connectivity index (χ1n) is 14.3. The summed E-state index contributed by atoms with van der Waals surface area (Å²) < 4.78 is 48.3. The van der Waals surface area contributed by atoms with Crippen molar-refractivity contribution < 1.29 is 22.7 Å². The lowest BCUT2D eigenvalue weighted by atomic mass is 10.0. The molecule has 2 aromatic heterocycles. The molecule has 1 aliphatic rings. The van der Waals surface area contributed by atoms with Crippen LogP contribution in [0.25, 0.3) is 11.4 Å². The van der Waals surface area contributed by atoms with E-state index in [0.717, 1.165) is 25.4 Å². The largest absolute Gasteiger partial charge is 0.438 e. The fourth-order valence-electron chi connectivity index (χ4n) is 4.99. The molecular formula is C32H33F3N8O2. The van der Waals surface area contributed by atoms with Crippen LogP contribution in [0.15, 0.2) is 60.9 Å². The van der Waals surface area contributed by atoms with E-state index in [1.54, 1.807) is 50.6 Å². The number of rotatable bonds is 9. The van der Waals surface area contributed by atoms with E-state index in [1.807, 2.05) is 11.9 Å². The number of anilines is 2. The third-order valence-corrected chi connectivity index (χ3v) is 7.54. The van der Waals surface area contributed by atoms with E-state index < -0.39 is 17.6 Å². The minimum atomic E-state index is -4.59. The summed E-state index contributed by atoms with van der Waals surface area (Å²) in [7, 11) is 3.64. The van der Waals surface area contributed by atoms with Crippen LogP contribution in [0.2, 0.25) is 0 Å². The summed E-state index contributed by atoms with van der Waals surface area (Å²) >= 11 is 0. The van der Waals surface area contributed by atoms with Gasteiger partial charge < -0.3 is 25.7 Å². The lowest BCUT2D eigenvalue weighted by molar-refractivity contribution is -0.138. The van der Waals surface area contributed by atoms with Gasteiger partial charge in [-0.1, -0.05) is 12.1 Å². The minimum Gasteiger partial charge on any atom is -0.438 e. The smallest absolute Gasteiger partial charge is 0.416 e. The van der Waals surface area contributed by atoms with E-state index in [4.69, 9.17) is 10.1 Å². The van der Waals surface area contributed by atoms with E-state index in [9.17, 15) is 18.0 Å². The molecule has 45 heavy (non-hydrogen) atoms. The fraction of sp³-hybridized carbons (Fsp3) is 0.281. The number of piperazine rings is 1. The van der Waals surface area contributed by atoms with Crippen molar-refractivity contribution in [1.82, 2.24) is 24.8 Å². The quantitative estimate of drug-likeness (QED) is 0.205. The normalized spacial score (nSPS) is 14.2. The average molecular weight is 619 g/mol. The number of pyridine rings is 1. The lowest BCUT2D eigenvalue weighted by Gasteiger charge is -2.33. The standard InChI is InChI=1S/C32H33F3N8O2/c1-20-6-9-24(45-31-26(17-36)29(37-2)40-28(41-31)21-5-4-10-38-18-21)16-25(20)30(44)39-23-8-7-22(27(15-23)32(33,34)35)19-43-13-11-42(3)12-14-43/h4-10,15-18,36H,11-14,19H2,1-3H3,(H,39,44)(H,37,40,41). The molecule has 3 heterocycles. The third kappa shape index (κ3) is 7.44. The first kappa shape index (κ1) is 31.5. The molecule has 5 rings (SSSR count). The number of amides is 1. The van der Waals surface area contributed by atoms with Crippen molar-refractivity contribution in [2.24, 2.45) is 0 Å². The second kappa shape index (κ2) is 13.4. The molecule has 2 aromatic carbocycles. The number of likely N-dealkylation sites (N-methyl/N-ethyl adjacent to an activating group) is 1. The van der Waals surface area contributed by atoms with Gasteiger partial charge in [-0.3, -0.25) is 14.7 Å². The molecule has 10 nitrogen and oxygen atoms in total. The van der Waals surface area contributed by atoms with Gasteiger partial charge in [0.15, 0.2) is 5.82 Å². The van der Waals surface area contributed by atoms with Crippen LogP contribution < -0.4 is 15.4 Å². The summed E-state index contributed by atoms with van der Waals surface area (Å²) in [6.07, 6.45) is -0.309. The molecular weight excluding hydrogens is 585 g/mol. The van der Waals surface area contributed by atoms with Crippen LogP contribution in [0.5, 0.6) is 11.6 Å². The number of halogens is 3. The molecule has 0 atom stereocenters. The van der Waals surface area contributed by atoms with Gasteiger partial charge in [-0.25, -0.2) is 4.98 Å². The van der Waals surface area contributed by atoms with Gasteiger partial charge >= 0.3 is 6.18 Å². The predicted octanol–water partition coefficient (Wildman–Crippen LogP) is 5.70. The second-order valence-corrected chi connectivity index (χ2v) is 10.7. The van der Waals surface area contributed by atoms with Crippen molar-refractivity contribution in [3.05, 3.63) is 88.7 Å². The Morgan fingerprint density at radius 2 is 1.87 bits per heavy atom. The number of hydrogen-bond acceptors (Lipinski definition) is 9. The van der Waals surface area contributed by atoms with Crippen LogP contribution in [0.1, 0.15) is 32.6 Å². The van der Waals surface area contributed by atoms with Gasteiger partial charge in [-0.2, -0.15) is 18.2 Å². The van der Waals surface area contributed by atoms with Crippen LogP contribution in [-0.2, 0) is 12.7 Å².